The van der Waals surface area contributed by atoms with Gasteiger partial charge in [0, 0.05) is 18.4 Å². The van der Waals surface area contributed by atoms with E-state index in [4.69, 9.17) is 0 Å². The van der Waals surface area contributed by atoms with Crippen LogP contribution in [0, 0.1) is 6.92 Å². The summed E-state index contributed by atoms with van der Waals surface area (Å²) < 4.78 is 2.13. The van der Waals surface area contributed by atoms with Crippen LogP contribution in [0.2, 0.25) is 0 Å². The zero-order valence-corrected chi connectivity index (χ0v) is 13.9. The molecule has 0 unspecified atom stereocenters. The van der Waals surface area contributed by atoms with Gasteiger partial charge in [-0.3, -0.25) is 4.79 Å². The molecule has 1 aliphatic carbocycles. The number of aromatic nitrogens is 1. The van der Waals surface area contributed by atoms with Crippen LogP contribution in [0.25, 0.3) is 0 Å². The molecule has 3 nitrogen and oxygen atoms in total. The third-order valence-corrected chi connectivity index (χ3v) is 4.76. The Labute approximate surface area is 138 Å². The van der Waals surface area contributed by atoms with E-state index in [2.05, 4.69) is 41.1 Å². The second-order valence-electron chi connectivity index (χ2n) is 6.67. The molecule has 0 radical (unpaired) electrons. The van der Waals surface area contributed by atoms with E-state index >= 15 is 0 Å². The molecule has 0 saturated heterocycles. The van der Waals surface area contributed by atoms with Crippen molar-refractivity contribution >= 4 is 5.91 Å². The standard InChI is InChI=1S/C20H26N2O/c1-16-8-7-9-17(14-16)19(22-12-5-6-13-22)15-20(23)21-18-10-3-2-4-11-18/h5-9,12-14,18-19H,2-4,10-11,15H2,1H3,(H,21,23)/t19-/m1/s1. The van der Waals surface area contributed by atoms with Crippen molar-refractivity contribution in [2.24, 2.45) is 0 Å². The lowest BCUT2D eigenvalue weighted by Gasteiger charge is -2.25. The van der Waals surface area contributed by atoms with Gasteiger partial charge in [-0.2, -0.15) is 0 Å². The fourth-order valence-corrected chi connectivity index (χ4v) is 3.54. The number of carbonyl (C=O) groups is 1. The number of nitrogens with zero attached hydrogens (tertiary/aromatic N) is 1. The number of aryl methyl sites for hydroxylation is 1. The lowest BCUT2D eigenvalue weighted by Crippen LogP contribution is -2.37. The van der Waals surface area contributed by atoms with Gasteiger partial charge in [-0.25, -0.2) is 0 Å². The molecule has 1 aliphatic rings. The maximum absolute atomic E-state index is 12.6. The van der Waals surface area contributed by atoms with E-state index in [1.165, 1.54) is 30.4 Å². The second kappa shape index (κ2) is 7.49. The summed E-state index contributed by atoms with van der Waals surface area (Å²) in [4.78, 5) is 12.6. The Balaban J connectivity index is 1.72. The summed E-state index contributed by atoms with van der Waals surface area (Å²) in [6, 6.07) is 12.9. The molecular weight excluding hydrogens is 284 g/mol. The average molecular weight is 310 g/mol. The Bertz CT molecular complexity index is 627. The Kier molecular flexibility index (Phi) is 5.16. The number of rotatable bonds is 5. The quantitative estimate of drug-likeness (QED) is 0.881. The van der Waals surface area contributed by atoms with Crippen molar-refractivity contribution in [1.82, 2.24) is 9.88 Å². The monoisotopic (exact) mass is 310 g/mol. The van der Waals surface area contributed by atoms with E-state index < -0.39 is 0 Å². The number of carbonyl (C=O) groups excluding carboxylic acids is 1. The minimum absolute atomic E-state index is 0.0634. The van der Waals surface area contributed by atoms with E-state index in [-0.39, 0.29) is 11.9 Å². The summed E-state index contributed by atoms with van der Waals surface area (Å²) >= 11 is 0. The molecule has 1 heterocycles. The molecule has 1 N–H and O–H groups in total. The predicted molar refractivity (Wildman–Crippen MR) is 93.4 cm³/mol. The largest absolute Gasteiger partial charge is 0.353 e. The summed E-state index contributed by atoms with van der Waals surface area (Å²) in [6.07, 6.45) is 10.6. The molecule has 1 atom stereocenters. The smallest absolute Gasteiger partial charge is 0.222 e. The van der Waals surface area contributed by atoms with Gasteiger partial charge >= 0.3 is 0 Å². The molecule has 1 amide bonds. The van der Waals surface area contributed by atoms with Gasteiger partial charge in [0.15, 0.2) is 0 Å². The molecular formula is C20H26N2O. The fourth-order valence-electron chi connectivity index (χ4n) is 3.54. The zero-order chi connectivity index (χ0) is 16.1. The Morgan fingerprint density at radius 2 is 1.91 bits per heavy atom. The van der Waals surface area contributed by atoms with Crippen molar-refractivity contribution in [3.05, 3.63) is 59.9 Å². The normalized spacial score (nSPS) is 16.9. The van der Waals surface area contributed by atoms with E-state index in [1.807, 2.05) is 24.5 Å². The minimum atomic E-state index is 0.0634. The van der Waals surface area contributed by atoms with Gasteiger partial charge in [0.1, 0.15) is 0 Å². The predicted octanol–water partition coefficient (Wildman–Crippen LogP) is 4.22. The number of amides is 1. The number of benzene rings is 1. The van der Waals surface area contributed by atoms with Crippen molar-refractivity contribution in [1.29, 1.82) is 0 Å². The summed E-state index contributed by atoms with van der Waals surface area (Å²) in [5.41, 5.74) is 2.42. The maximum Gasteiger partial charge on any atom is 0.222 e. The van der Waals surface area contributed by atoms with Gasteiger partial charge < -0.3 is 9.88 Å². The highest BCUT2D eigenvalue weighted by Crippen LogP contribution is 2.24. The van der Waals surface area contributed by atoms with Crippen molar-refractivity contribution in [2.45, 2.75) is 57.5 Å². The fraction of sp³-hybridized carbons (Fsp3) is 0.450. The first-order valence-corrected chi connectivity index (χ1v) is 8.71. The first-order valence-electron chi connectivity index (χ1n) is 8.71. The highest BCUT2D eigenvalue weighted by molar-refractivity contribution is 5.77. The molecule has 122 valence electrons. The third-order valence-electron chi connectivity index (χ3n) is 4.76. The molecule has 3 rings (SSSR count). The van der Waals surface area contributed by atoms with Crippen molar-refractivity contribution in [2.75, 3.05) is 0 Å². The molecule has 3 heteroatoms. The van der Waals surface area contributed by atoms with Crippen LogP contribution in [-0.2, 0) is 4.79 Å². The van der Waals surface area contributed by atoms with Gasteiger partial charge in [-0.15, -0.1) is 0 Å². The highest BCUT2D eigenvalue weighted by atomic mass is 16.1. The molecule has 1 aromatic heterocycles. The minimum Gasteiger partial charge on any atom is -0.353 e. The van der Waals surface area contributed by atoms with Crippen LogP contribution in [0.4, 0.5) is 0 Å². The van der Waals surface area contributed by atoms with Gasteiger partial charge in [0.2, 0.25) is 5.91 Å². The van der Waals surface area contributed by atoms with Gasteiger partial charge in [0.05, 0.1) is 12.5 Å². The van der Waals surface area contributed by atoms with Crippen LogP contribution in [0.1, 0.15) is 55.7 Å². The summed E-state index contributed by atoms with van der Waals surface area (Å²) in [5.74, 6) is 0.164. The highest BCUT2D eigenvalue weighted by Gasteiger charge is 2.20. The molecule has 1 fully saturated rings. The van der Waals surface area contributed by atoms with E-state index in [0.717, 1.165) is 12.8 Å². The second-order valence-corrected chi connectivity index (χ2v) is 6.67. The number of hydrogen-bond donors (Lipinski definition) is 1. The zero-order valence-electron chi connectivity index (χ0n) is 13.9. The van der Waals surface area contributed by atoms with Crippen molar-refractivity contribution in [3.8, 4) is 0 Å². The van der Waals surface area contributed by atoms with Crippen LogP contribution in [-0.4, -0.2) is 16.5 Å². The van der Waals surface area contributed by atoms with Gasteiger partial charge in [-0.1, -0.05) is 49.1 Å². The van der Waals surface area contributed by atoms with Crippen molar-refractivity contribution < 1.29 is 4.79 Å². The van der Waals surface area contributed by atoms with Crippen LogP contribution in [0.5, 0.6) is 0 Å². The Morgan fingerprint density at radius 3 is 2.61 bits per heavy atom. The number of hydrogen-bond acceptors (Lipinski definition) is 1. The molecule has 1 saturated carbocycles. The van der Waals surface area contributed by atoms with Crippen LogP contribution in [0.3, 0.4) is 0 Å². The summed E-state index contributed by atoms with van der Waals surface area (Å²) in [7, 11) is 0. The first kappa shape index (κ1) is 15.9. The van der Waals surface area contributed by atoms with E-state index in [9.17, 15) is 4.79 Å². The Morgan fingerprint density at radius 1 is 1.17 bits per heavy atom. The first-order chi connectivity index (χ1) is 11.2. The molecule has 2 aromatic rings. The van der Waals surface area contributed by atoms with Gasteiger partial charge in [0.25, 0.3) is 0 Å². The van der Waals surface area contributed by atoms with Gasteiger partial charge in [-0.05, 0) is 37.5 Å². The maximum atomic E-state index is 12.6. The van der Waals surface area contributed by atoms with Crippen LogP contribution >= 0.6 is 0 Å². The summed E-state index contributed by atoms with van der Waals surface area (Å²) in [5, 5.41) is 3.24. The number of nitrogens with one attached hydrogen (secondary N) is 1. The third kappa shape index (κ3) is 4.25. The molecule has 0 bridgehead atoms. The van der Waals surface area contributed by atoms with E-state index in [0.29, 0.717) is 12.5 Å². The lowest BCUT2D eigenvalue weighted by atomic mass is 9.95. The molecule has 1 aromatic carbocycles. The average Bonchev–Trinajstić information content (AvgIpc) is 3.08. The topological polar surface area (TPSA) is 34.0 Å². The molecule has 23 heavy (non-hydrogen) atoms. The van der Waals surface area contributed by atoms with Crippen LogP contribution < -0.4 is 5.32 Å². The Hall–Kier alpha value is -2.03. The van der Waals surface area contributed by atoms with E-state index in [1.54, 1.807) is 0 Å². The SMILES string of the molecule is Cc1cccc([C@@H](CC(=O)NC2CCCCC2)n2cccc2)c1. The van der Waals surface area contributed by atoms with Crippen molar-refractivity contribution in [3.63, 3.8) is 0 Å². The summed E-state index contributed by atoms with van der Waals surface area (Å²) in [6.45, 7) is 2.10. The lowest BCUT2D eigenvalue weighted by molar-refractivity contribution is -0.122. The molecule has 0 spiro atoms. The molecule has 0 aliphatic heterocycles. The van der Waals surface area contributed by atoms with Crippen LogP contribution in [0.15, 0.2) is 48.8 Å².